The molecule has 0 spiro atoms. The Kier molecular flexibility index (Phi) is 4.53. The van der Waals surface area contributed by atoms with Gasteiger partial charge in [0.1, 0.15) is 12.7 Å². The molecule has 0 saturated carbocycles. The van der Waals surface area contributed by atoms with Crippen molar-refractivity contribution in [1.82, 2.24) is 24.6 Å². The molecule has 3 rings (SSSR count). The predicted octanol–water partition coefficient (Wildman–Crippen LogP) is 2.69. The number of likely N-dealkylation sites (N-methyl/N-ethyl adjacent to an activating group) is 1. The number of fused-ring (bicyclic) bond motifs is 1. The number of benzene rings is 1. The maximum absolute atomic E-state index is 4.17. The van der Waals surface area contributed by atoms with Gasteiger partial charge >= 0.3 is 0 Å². The molecule has 22 heavy (non-hydrogen) atoms. The standard InChI is InChI=1S/C17H23N5/c1-3-21(4-2)8-7-15-10-19-17-6-5-14(9-16(15)17)11-22-13-18-12-20-22/h5-6,9-10,12-13,19H,3-4,7-8,11H2,1-2H3. The molecule has 0 bridgehead atoms. The van der Waals surface area contributed by atoms with Crippen LogP contribution in [0.3, 0.4) is 0 Å². The van der Waals surface area contributed by atoms with E-state index >= 15 is 0 Å². The highest BCUT2D eigenvalue weighted by Gasteiger charge is 2.07. The molecule has 1 N–H and O–H groups in total. The molecular weight excluding hydrogens is 274 g/mol. The van der Waals surface area contributed by atoms with Gasteiger partial charge in [-0.05, 0) is 42.8 Å². The molecular formula is C17H23N5. The maximum atomic E-state index is 4.17. The summed E-state index contributed by atoms with van der Waals surface area (Å²) in [6.45, 7) is 8.51. The lowest BCUT2D eigenvalue weighted by atomic mass is 10.1. The molecule has 116 valence electrons. The third-order valence-corrected chi connectivity index (χ3v) is 4.23. The largest absolute Gasteiger partial charge is 0.361 e. The number of aromatic amines is 1. The van der Waals surface area contributed by atoms with E-state index in [1.54, 1.807) is 12.7 Å². The first-order chi connectivity index (χ1) is 10.8. The van der Waals surface area contributed by atoms with E-state index in [2.05, 4.69) is 58.2 Å². The summed E-state index contributed by atoms with van der Waals surface area (Å²) in [5, 5.41) is 5.50. The second-order valence-electron chi connectivity index (χ2n) is 5.56. The fourth-order valence-corrected chi connectivity index (χ4v) is 2.85. The number of nitrogens with one attached hydrogen (secondary N) is 1. The van der Waals surface area contributed by atoms with Crippen LogP contribution in [-0.4, -0.2) is 44.3 Å². The van der Waals surface area contributed by atoms with Gasteiger partial charge in [0.15, 0.2) is 0 Å². The number of aromatic nitrogens is 4. The average molecular weight is 297 g/mol. The Hall–Kier alpha value is -2.14. The van der Waals surface area contributed by atoms with Crippen molar-refractivity contribution in [1.29, 1.82) is 0 Å². The SMILES string of the molecule is CCN(CC)CCc1c[nH]c2ccc(Cn3cncn3)cc12. The molecule has 0 saturated heterocycles. The molecule has 2 heterocycles. The highest BCUT2D eigenvalue weighted by atomic mass is 15.3. The van der Waals surface area contributed by atoms with E-state index in [0.29, 0.717) is 0 Å². The van der Waals surface area contributed by atoms with Crippen molar-refractivity contribution in [3.8, 4) is 0 Å². The summed E-state index contributed by atoms with van der Waals surface area (Å²) < 4.78 is 1.85. The molecule has 1 aromatic carbocycles. The minimum Gasteiger partial charge on any atom is -0.361 e. The van der Waals surface area contributed by atoms with E-state index in [1.165, 1.54) is 22.0 Å². The minimum absolute atomic E-state index is 0.761. The van der Waals surface area contributed by atoms with Crippen LogP contribution in [0.1, 0.15) is 25.0 Å². The smallest absolute Gasteiger partial charge is 0.137 e. The zero-order valence-corrected chi connectivity index (χ0v) is 13.3. The molecule has 0 radical (unpaired) electrons. The Morgan fingerprint density at radius 3 is 2.82 bits per heavy atom. The lowest BCUT2D eigenvalue weighted by molar-refractivity contribution is 0.308. The first-order valence-electron chi connectivity index (χ1n) is 7.93. The van der Waals surface area contributed by atoms with E-state index in [-0.39, 0.29) is 0 Å². The Labute approximate surface area is 131 Å². The van der Waals surface area contributed by atoms with E-state index in [4.69, 9.17) is 0 Å². The average Bonchev–Trinajstić information content (AvgIpc) is 3.18. The summed E-state index contributed by atoms with van der Waals surface area (Å²) >= 11 is 0. The van der Waals surface area contributed by atoms with Gasteiger partial charge in [0.25, 0.3) is 0 Å². The lowest BCUT2D eigenvalue weighted by Crippen LogP contribution is -2.25. The minimum atomic E-state index is 0.761. The van der Waals surface area contributed by atoms with Gasteiger partial charge in [-0.2, -0.15) is 5.10 Å². The first kappa shape index (κ1) is 14.8. The molecule has 5 nitrogen and oxygen atoms in total. The van der Waals surface area contributed by atoms with Crippen LogP contribution in [0.25, 0.3) is 10.9 Å². The highest BCUT2D eigenvalue weighted by Crippen LogP contribution is 2.21. The van der Waals surface area contributed by atoms with Crippen molar-refractivity contribution in [2.24, 2.45) is 0 Å². The quantitative estimate of drug-likeness (QED) is 0.729. The second kappa shape index (κ2) is 6.75. The van der Waals surface area contributed by atoms with Gasteiger partial charge in [0.05, 0.1) is 6.54 Å². The van der Waals surface area contributed by atoms with E-state index in [1.807, 2.05) is 4.68 Å². The fraction of sp³-hybridized carbons (Fsp3) is 0.412. The molecule has 3 aromatic rings. The third kappa shape index (κ3) is 3.20. The predicted molar refractivity (Wildman–Crippen MR) is 88.9 cm³/mol. The van der Waals surface area contributed by atoms with Crippen LogP contribution in [0.4, 0.5) is 0 Å². The Balaban J connectivity index is 1.79. The summed E-state index contributed by atoms with van der Waals surface area (Å²) in [6.07, 6.45) is 6.55. The fourth-order valence-electron chi connectivity index (χ4n) is 2.85. The first-order valence-corrected chi connectivity index (χ1v) is 7.93. The number of nitrogens with zero attached hydrogens (tertiary/aromatic N) is 4. The zero-order chi connectivity index (χ0) is 15.4. The van der Waals surface area contributed by atoms with Crippen LogP contribution in [0.15, 0.2) is 37.1 Å². The van der Waals surface area contributed by atoms with Crippen LogP contribution >= 0.6 is 0 Å². The number of hydrogen-bond donors (Lipinski definition) is 1. The normalized spacial score (nSPS) is 11.6. The Bertz CT molecular complexity index is 710. The van der Waals surface area contributed by atoms with Crippen molar-refractivity contribution in [3.05, 3.63) is 48.2 Å². The van der Waals surface area contributed by atoms with Gasteiger partial charge in [-0.15, -0.1) is 0 Å². The van der Waals surface area contributed by atoms with Crippen LogP contribution < -0.4 is 0 Å². The number of rotatable bonds is 7. The molecule has 0 amide bonds. The monoisotopic (exact) mass is 297 g/mol. The summed E-state index contributed by atoms with van der Waals surface area (Å²) in [5.41, 5.74) is 3.85. The van der Waals surface area contributed by atoms with Crippen LogP contribution in [0.2, 0.25) is 0 Å². The van der Waals surface area contributed by atoms with Gasteiger partial charge in [-0.3, -0.25) is 0 Å². The number of H-pyrrole nitrogens is 1. The molecule has 0 unspecified atom stereocenters. The topological polar surface area (TPSA) is 49.7 Å². The summed E-state index contributed by atoms with van der Waals surface area (Å²) in [7, 11) is 0. The summed E-state index contributed by atoms with van der Waals surface area (Å²) in [6, 6.07) is 6.57. The molecule has 5 heteroatoms. The highest BCUT2D eigenvalue weighted by molar-refractivity contribution is 5.83. The van der Waals surface area contributed by atoms with Crippen molar-refractivity contribution >= 4 is 10.9 Å². The van der Waals surface area contributed by atoms with Crippen molar-refractivity contribution in [2.45, 2.75) is 26.8 Å². The summed E-state index contributed by atoms with van der Waals surface area (Å²) in [5.74, 6) is 0. The van der Waals surface area contributed by atoms with Crippen LogP contribution in [-0.2, 0) is 13.0 Å². The van der Waals surface area contributed by atoms with Crippen LogP contribution in [0, 0.1) is 0 Å². The molecule has 0 aliphatic heterocycles. The Morgan fingerprint density at radius 2 is 2.09 bits per heavy atom. The second-order valence-corrected chi connectivity index (χ2v) is 5.56. The van der Waals surface area contributed by atoms with Crippen molar-refractivity contribution in [2.75, 3.05) is 19.6 Å². The molecule has 0 aliphatic rings. The van der Waals surface area contributed by atoms with Gasteiger partial charge in [0, 0.05) is 23.6 Å². The molecule has 0 aliphatic carbocycles. The zero-order valence-electron chi connectivity index (χ0n) is 13.3. The van der Waals surface area contributed by atoms with Gasteiger partial charge in [0.2, 0.25) is 0 Å². The van der Waals surface area contributed by atoms with Crippen molar-refractivity contribution < 1.29 is 0 Å². The van der Waals surface area contributed by atoms with E-state index in [9.17, 15) is 0 Å². The van der Waals surface area contributed by atoms with Gasteiger partial charge in [-0.1, -0.05) is 19.9 Å². The van der Waals surface area contributed by atoms with E-state index in [0.717, 1.165) is 32.6 Å². The van der Waals surface area contributed by atoms with Crippen molar-refractivity contribution in [3.63, 3.8) is 0 Å². The third-order valence-electron chi connectivity index (χ3n) is 4.23. The molecule has 0 fully saturated rings. The van der Waals surface area contributed by atoms with Crippen LogP contribution in [0.5, 0.6) is 0 Å². The Morgan fingerprint density at radius 1 is 1.23 bits per heavy atom. The van der Waals surface area contributed by atoms with Gasteiger partial charge in [-0.25, -0.2) is 9.67 Å². The summed E-state index contributed by atoms with van der Waals surface area (Å²) in [4.78, 5) is 9.83. The lowest BCUT2D eigenvalue weighted by Gasteiger charge is -2.17. The maximum Gasteiger partial charge on any atom is 0.137 e. The molecule has 2 aromatic heterocycles. The van der Waals surface area contributed by atoms with Gasteiger partial charge < -0.3 is 9.88 Å². The van der Waals surface area contributed by atoms with E-state index < -0.39 is 0 Å². The number of hydrogen-bond acceptors (Lipinski definition) is 3. The molecule has 0 atom stereocenters.